The zero-order chi connectivity index (χ0) is 25.6. The summed E-state index contributed by atoms with van der Waals surface area (Å²) in [4.78, 5) is 29.8. The van der Waals surface area contributed by atoms with E-state index in [0.717, 1.165) is 35.3 Å². The van der Waals surface area contributed by atoms with Gasteiger partial charge in [-0.05, 0) is 66.8 Å². The monoisotopic (exact) mass is 501 g/mol. The van der Waals surface area contributed by atoms with Crippen molar-refractivity contribution in [1.29, 1.82) is 0 Å². The fourth-order valence-electron chi connectivity index (χ4n) is 4.63. The molecule has 2 heterocycles. The molecule has 0 aromatic heterocycles. The summed E-state index contributed by atoms with van der Waals surface area (Å²) in [5.41, 5.74) is 8.51. The summed E-state index contributed by atoms with van der Waals surface area (Å²) in [6.07, 6.45) is 2.17. The van der Waals surface area contributed by atoms with Crippen molar-refractivity contribution in [1.82, 2.24) is 9.80 Å². The van der Waals surface area contributed by atoms with Crippen LogP contribution < -0.4 is 19.9 Å². The molecule has 37 heavy (non-hydrogen) atoms. The number of imide groups is 1. The largest absolute Gasteiger partial charge is 0.489 e. The average molecular weight is 502 g/mol. The van der Waals surface area contributed by atoms with Gasteiger partial charge in [-0.25, -0.2) is 4.79 Å². The Balaban J connectivity index is 1.27. The molecule has 0 radical (unpaired) electrons. The van der Waals surface area contributed by atoms with E-state index >= 15 is 0 Å². The first-order chi connectivity index (χ1) is 18.1. The van der Waals surface area contributed by atoms with Gasteiger partial charge in [-0.2, -0.15) is 0 Å². The molecule has 3 amide bonds. The third-order valence-electron chi connectivity index (χ3n) is 6.64. The molecule has 0 saturated carbocycles. The molecule has 1 atom stereocenters. The van der Waals surface area contributed by atoms with E-state index < -0.39 is 6.04 Å². The van der Waals surface area contributed by atoms with Gasteiger partial charge in [0.25, 0.3) is 5.91 Å². The van der Waals surface area contributed by atoms with Gasteiger partial charge >= 0.3 is 6.03 Å². The fourth-order valence-corrected chi connectivity index (χ4v) is 4.63. The van der Waals surface area contributed by atoms with Crippen LogP contribution in [0.3, 0.4) is 0 Å². The van der Waals surface area contributed by atoms with Crippen molar-refractivity contribution >= 4 is 11.9 Å². The first-order valence-electron chi connectivity index (χ1n) is 12.6. The van der Waals surface area contributed by atoms with E-state index in [1.807, 2.05) is 66.7 Å². The van der Waals surface area contributed by atoms with Crippen LogP contribution in [0.5, 0.6) is 17.2 Å². The number of benzene rings is 3. The SMILES string of the molecule is NCCCC[C@H]1C(=O)N(Cc2ccc3c(c2)OCO3)C(=O)N1Cc1ccc(OCc2ccccc2)cc1. The summed E-state index contributed by atoms with van der Waals surface area (Å²) in [6.45, 7) is 1.74. The van der Waals surface area contributed by atoms with Crippen LogP contribution in [0, 0.1) is 0 Å². The van der Waals surface area contributed by atoms with Crippen LogP contribution in [-0.2, 0) is 24.5 Å². The number of rotatable bonds is 11. The van der Waals surface area contributed by atoms with E-state index in [9.17, 15) is 9.59 Å². The summed E-state index contributed by atoms with van der Waals surface area (Å²) in [6, 6.07) is 22.3. The Morgan fingerprint density at radius 3 is 2.38 bits per heavy atom. The molecule has 0 spiro atoms. The van der Waals surface area contributed by atoms with Gasteiger partial charge < -0.3 is 24.8 Å². The minimum absolute atomic E-state index is 0.174. The van der Waals surface area contributed by atoms with Gasteiger partial charge in [-0.1, -0.05) is 48.5 Å². The lowest BCUT2D eigenvalue weighted by Crippen LogP contribution is -2.34. The zero-order valence-corrected chi connectivity index (χ0v) is 20.7. The maximum atomic E-state index is 13.5. The van der Waals surface area contributed by atoms with Gasteiger partial charge in [0.1, 0.15) is 18.4 Å². The van der Waals surface area contributed by atoms with E-state index in [1.54, 1.807) is 11.0 Å². The van der Waals surface area contributed by atoms with Crippen molar-refractivity contribution in [3.05, 3.63) is 89.5 Å². The summed E-state index contributed by atoms with van der Waals surface area (Å²) in [5, 5.41) is 0. The lowest BCUT2D eigenvalue weighted by atomic mass is 10.1. The zero-order valence-electron chi connectivity index (χ0n) is 20.7. The Kier molecular flexibility index (Phi) is 7.56. The Morgan fingerprint density at radius 1 is 0.838 bits per heavy atom. The smallest absolute Gasteiger partial charge is 0.328 e. The summed E-state index contributed by atoms with van der Waals surface area (Å²) < 4.78 is 16.7. The minimum Gasteiger partial charge on any atom is -0.489 e. The Hall–Kier alpha value is -4.04. The molecule has 192 valence electrons. The van der Waals surface area contributed by atoms with Crippen LogP contribution in [0.1, 0.15) is 36.0 Å². The Bertz CT molecular complexity index is 1230. The third kappa shape index (κ3) is 5.70. The first-order valence-corrected chi connectivity index (χ1v) is 12.6. The van der Waals surface area contributed by atoms with Crippen molar-refractivity contribution in [3.8, 4) is 17.2 Å². The van der Waals surface area contributed by atoms with Gasteiger partial charge in [-0.15, -0.1) is 0 Å². The molecule has 0 unspecified atom stereocenters. The highest BCUT2D eigenvalue weighted by Crippen LogP contribution is 2.34. The topological polar surface area (TPSA) is 94.3 Å². The number of carbonyl (C=O) groups is 2. The van der Waals surface area contributed by atoms with E-state index in [2.05, 4.69) is 0 Å². The quantitative estimate of drug-likeness (QED) is 0.308. The van der Waals surface area contributed by atoms with Crippen LogP contribution in [0.2, 0.25) is 0 Å². The van der Waals surface area contributed by atoms with Crippen LogP contribution in [0.4, 0.5) is 4.79 Å². The molecule has 0 bridgehead atoms. The van der Waals surface area contributed by atoms with Crippen molar-refractivity contribution in [3.63, 3.8) is 0 Å². The van der Waals surface area contributed by atoms with Crippen LogP contribution >= 0.6 is 0 Å². The van der Waals surface area contributed by atoms with Crippen molar-refractivity contribution in [2.45, 2.75) is 45.0 Å². The molecule has 3 aromatic carbocycles. The molecular formula is C29H31N3O5. The molecule has 1 fully saturated rings. The molecule has 2 aliphatic rings. The van der Waals surface area contributed by atoms with E-state index in [-0.39, 0.29) is 25.3 Å². The fraction of sp³-hybridized carbons (Fsp3) is 0.310. The minimum atomic E-state index is -0.512. The number of hydrogen-bond donors (Lipinski definition) is 1. The lowest BCUT2D eigenvalue weighted by Gasteiger charge is -2.22. The second-order valence-electron chi connectivity index (χ2n) is 9.24. The highest BCUT2D eigenvalue weighted by Gasteiger charge is 2.44. The Morgan fingerprint density at radius 2 is 1.59 bits per heavy atom. The van der Waals surface area contributed by atoms with E-state index in [4.69, 9.17) is 19.9 Å². The van der Waals surface area contributed by atoms with Gasteiger partial charge in [0, 0.05) is 6.54 Å². The number of unbranched alkanes of at least 4 members (excludes halogenated alkanes) is 1. The first kappa shape index (κ1) is 24.6. The molecule has 3 aromatic rings. The average Bonchev–Trinajstić information content (AvgIpc) is 3.48. The van der Waals surface area contributed by atoms with Crippen molar-refractivity contribution < 1.29 is 23.8 Å². The highest BCUT2D eigenvalue weighted by molar-refractivity contribution is 6.04. The molecule has 1 saturated heterocycles. The van der Waals surface area contributed by atoms with Crippen molar-refractivity contribution in [2.75, 3.05) is 13.3 Å². The maximum Gasteiger partial charge on any atom is 0.328 e. The normalized spacial score (nSPS) is 16.5. The second kappa shape index (κ2) is 11.3. The second-order valence-corrected chi connectivity index (χ2v) is 9.24. The summed E-state index contributed by atoms with van der Waals surface area (Å²) in [5.74, 6) is 1.87. The van der Waals surface area contributed by atoms with Crippen LogP contribution in [0.25, 0.3) is 0 Å². The number of hydrogen-bond acceptors (Lipinski definition) is 6. The van der Waals surface area contributed by atoms with Crippen molar-refractivity contribution in [2.24, 2.45) is 5.73 Å². The van der Waals surface area contributed by atoms with E-state index in [1.165, 1.54) is 4.90 Å². The molecule has 2 aliphatic heterocycles. The summed E-state index contributed by atoms with van der Waals surface area (Å²) in [7, 11) is 0. The van der Waals surface area contributed by atoms with Crippen LogP contribution in [-0.4, -0.2) is 41.1 Å². The third-order valence-corrected chi connectivity index (χ3v) is 6.64. The standard InChI is InChI=1S/C29H31N3O5/c30-15-5-4-8-25-28(33)32(18-23-11-14-26-27(16-23)37-20-36-26)29(34)31(25)17-21-9-12-24(13-10-21)35-19-22-6-2-1-3-7-22/h1-3,6-7,9-14,16,25H,4-5,8,15,17-20,30H2/t25-/m0/s1. The predicted molar refractivity (Wildman–Crippen MR) is 138 cm³/mol. The predicted octanol–water partition coefficient (Wildman–Crippen LogP) is 4.46. The highest BCUT2D eigenvalue weighted by atomic mass is 16.7. The number of nitrogens with two attached hydrogens (primary N) is 1. The molecular weight excluding hydrogens is 470 g/mol. The van der Waals surface area contributed by atoms with Gasteiger partial charge in [0.05, 0.1) is 6.54 Å². The molecule has 2 N–H and O–H groups in total. The van der Waals surface area contributed by atoms with E-state index in [0.29, 0.717) is 37.6 Å². The molecule has 5 rings (SSSR count). The molecule has 8 nitrogen and oxygen atoms in total. The molecule has 0 aliphatic carbocycles. The Labute approximate surface area is 216 Å². The number of nitrogens with zero attached hydrogens (tertiary/aromatic N) is 2. The van der Waals surface area contributed by atoms with Gasteiger partial charge in [0.2, 0.25) is 6.79 Å². The number of ether oxygens (including phenoxy) is 3. The number of carbonyl (C=O) groups excluding carboxylic acids is 2. The maximum absolute atomic E-state index is 13.5. The summed E-state index contributed by atoms with van der Waals surface area (Å²) >= 11 is 0. The lowest BCUT2D eigenvalue weighted by molar-refractivity contribution is -0.129. The van der Waals surface area contributed by atoms with Crippen LogP contribution in [0.15, 0.2) is 72.8 Å². The number of urea groups is 1. The van der Waals surface area contributed by atoms with Gasteiger partial charge in [0.15, 0.2) is 11.5 Å². The number of amides is 3. The molecule has 8 heteroatoms. The van der Waals surface area contributed by atoms with Gasteiger partial charge in [-0.3, -0.25) is 9.69 Å². The number of fused-ring (bicyclic) bond motifs is 1.